The van der Waals surface area contributed by atoms with Crippen molar-refractivity contribution in [3.8, 4) is 0 Å². The molecule has 2 atom stereocenters. The van der Waals surface area contributed by atoms with Crippen molar-refractivity contribution in [2.24, 2.45) is 0 Å². The van der Waals surface area contributed by atoms with Crippen molar-refractivity contribution in [3.63, 3.8) is 0 Å². The van der Waals surface area contributed by atoms with Gasteiger partial charge in [-0.1, -0.05) is 32.6 Å². The highest BCUT2D eigenvalue weighted by atomic mass is 15.3. The first-order valence-electron chi connectivity index (χ1n) is 11.9. The SMILES string of the molecule is CCCC(C)Nc1ncc2c(N3CCC(N(C)C)C3)ncc(C3CCCCC3)c2n1. The van der Waals surface area contributed by atoms with Gasteiger partial charge in [0.2, 0.25) is 5.95 Å². The van der Waals surface area contributed by atoms with Gasteiger partial charge < -0.3 is 15.1 Å². The Morgan fingerprint density at radius 2 is 1.93 bits per heavy atom. The molecule has 1 aliphatic heterocycles. The lowest BCUT2D eigenvalue weighted by Crippen LogP contribution is -2.31. The normalized spacial score (nSPS) is 21.5. The highest BCUT2D eigenvalue weighted by Crippen LogP contribution is 2.38. The Kier molecular flexibility index (Phi) is 6.71. The molecule has 2 aromatic heterocycles. The van der Waals surface area contributed by atoms with Crippen molar-refractivity contribution in [3.05, 3.63) is 18.0 Å². The maximum atomic E-state index is 5.06. The van der Waals surface area contributed by atoms with Gasteiger partial charge in [-0.15, -0.1) is 0 Å². The van der Waals surface area contributed by atoms with E-state index in [0.717, 1.165) is 48.6 Å². The van der Waals surface area contributed by atoms with E-state index in [1.54, 1.807) is 0 Å². The first-order valence-corrected chi connectivity index (χ1v) is 11.9. The number of rotatable bonds is 7. The van der Waals surface area contributed by atoms with E-state index in [-0.39, 0.29) is 0 Å². The Hall–Kier alpha value is -1.95. The lowest BCUT2D eigenvalue weighted by atomic mass is 9.84. The molecule has 2 aromatic rings. The summed E-state index contributed by atoms with van der Waals surface area (Å²) >= 11 is 0. The second-order valence-corrected chi connectivity index (χ2v) is 9.51. The average molecular weight is 411 g/mol. The number of fused-ring (bicyclic) bond motifs is 1. The fourth-order valence-corrected chi connectivity index (χ4v) is 5.14. The van der Waals surface area contributed by atoms with E-state index in [9.17, 15) is 0 Å². The van der Waals surface area contributed by atoms with Crippen LogP contribution in [0.1, 0.15) is 76.7 Å². The third-order valence-electron chi connectivity index (χ3n) is 6.96. The van der Waals surface area contributed by atoms with E-state index in [2.05, 4.69) is 49.3 Å². The van der Waals surface area contributed by atoms with Crippen molar-refractivity contribution < 1.29 is 0 Å². The molecule has 2 fully saturated rings. The zero-order chi connectivity index (χ0) is 21.1. The van der Waals surface area contributed by atoms with Gasteiger partial charge in [0, 0.05) is 43.1 Å². The van der Waals surface area contributed by atoms with E-state index >= 15 is 0 Å². The monoisotopic (exact) mass is 410 g/mol. The number of aromatic nitrogens is 3. The molecule has 6 nitrogen and oxygen atoms in total. The van der Waals surface area contributed by atoms with Gasteiger partial charge in [-0.05, 0) is 52.6 Å². The molecule has 0 amide bonds. The average Bonchev–Trinajstić information content (AvgIpc) is 3.24. The van der Waals surface area contributed by atoms with Crippen LogP contribution >= 0.6 is 0 Å². The molecule has 0 bridgehead atoms. The van der Waals surface area contributed by atoms with Crippen LogP contribution in [-0.2, 0) is 0 Å². The molecular formula is C24H38N6. The molecule has 0 aromatic carbocycles. The fourth-order valence-electron chi connectivity index (χ4n) is 5.14. The number of likely N-dealkylation sites (N-methyl/N-ethyl adjacent to an activating group) is 1. The zero-order valence-electron chi connectivity index (χ0n) is 19.2. The van der Waals surface area contributed by atoms with Gasteiger partial charge in [-0.3, -0.25) is 0 Å². The summed E-state index contributed by atoms with van der Waals surface area (Å²) < 4.78 is 0. The maximum Gasteiger partial charge on any atom is 0.223 e. The van der Waals surface area contributed by atoms with Crippen LogP contribution in [0.4, 0.5) is 11.8 Å². The molecule has 0 spiro atoms. The number of hydrogen-bond acceptors (Lipinski definition) is 6. The van der Waals surface area contributed by atoms with Gasteiger partial charge >= 0.3 is 0 Å². The summed E-state index contributed by atoms with van der Waals surface area (Å²) in [5, 5.41) is 4.63. The van der Waals surface area contributed by atoms with Crippen LogP contribution in [0.15, 0.2) is 12.4 Å². The molecule has 1 N–H and O–H groups in total. The van der Waals surface area contributed by atoms with E-state index in [0.29, 0.717) is 18.0 Å². The van der Waals surface area contributed by atoms with Crippen LogP contribution in [0, 0.1) is 0 Å². The quantitative estimate of drug-likeness (QED) is 0.707. The van der Waals surface area contributed by atoms with Crippen molar-refractivity contribution in [2.75, 3.05) is 37.4 Å². The Morgan fingerprint density at radius 3 is 2.63 bits per heavy atom. The minimum atomic E-state index is 0.381. The Morgan fingerprint density at radius 1 is 1.13 bits per heavy atom. The highest BCUT2D eigenvalue weighted by Gasteiger charge is 2.28. The molecule has 3 heterocycles. The van der Waals surface area contributed by atoms with Gasteiger partial charge in [0.25, 0.3) is 0 Å². The Bertz CT molecular complexity index is 845. The number of anilines is 2. The summed E-state index contributed by atoms with van der Waals surface area (Å²) in [6.45, 7) is 6.49. The van der Waals surface area contributed by atoms with Gasteiger partial charge in [0.05, 0.1) is 10.9 Å². The van der Waals surface area contributed by atoms with Gasteiger partial charge in [0.1, 0.15) is 5.82 Å². The van der Waals surface area contributed by atoms with Crippen LogP contribution in [0.5, 0.6) is 0 Å². The standard InChI is InChI=1S/C24H38N6/c1-5-9-17(2)27-24-26-15-21-22(28-24)20(18-10-7-6-8-11-18)14-25-23(21)30-13-12-19(16-30)29(3)4/h14-15,17-19H,5-13,16H2,1-4H3,(H,26,27,28). The molecule has 30 heavy (non-hydrogen) atoms. The number of nitrogens with zero attached hydrogens (tertiary/aromatic N) is 5. The number of nitrogens with one attached hydrogen (secondary N) is 1. The maximum absolute atomic E-state index is 5.06. The summed E-state index contributed by atoms with van der Waals surface area (Å²) in [6.07, 6.45) is 14.1. The number of pyridine rings is 1. The molecular weight excluding hydrogens is 372 g/mol. The Labute approximate surface area is 181 Å². The molecule has 1 saturated carbocycles. The van der Waals surface area contributed by atoms with Crippen LogP contribution in [0.3, 0.4) is 0 Å². The predicted octanol–water partition coefficient (Wildman–Crippen LogP) is 4.81. The van der Waals surface area contributed by atoms with Gasteiger partial charge in [-0.25, -0.2) is 15.0 Å². The fraction of sp³-hybridized carbons (Fsp3) is 0.708. The van der Waals surface area contributed by atoms with Crippen LogP contribution in [0.25, 0.3) is 10.9 Å². The lowest BCUT2D eigenvalue weighted by molar-refractivity contribution is 0.315. The molecule has 1 aliphatic carbocycles. The summed E-state index contributed by atoms with van der Waals surface area (Å²) in [6, 6.07) is 0.961. The summed E-state index contributed by atoms with van der Waals surface area (Å²) in [7, 11) is 4.34. The minimum absolute atomic E-state index is 0.381. The van der Waals surface area contributed by atoms with Crippen molar-refractivity contribution in [1.82, 2.24) is 19.9 Å². The second kappa shape index (κ2) is 9.46. The van der Waals surface area contributed by atoms with Crippen LogP contribution < -0.4 is 10.2 Å². The van der Waals surface area contributed by atoms with Gasteiger partial charge in [-0.2, -0.15) is 0 Å². The highest BCUT2D eigenvalue weighted by molar-refractivity contribution is 5.92. The van der Waals surface area contributed by atoms with Crippen molar-refractivity contribution in [1.29, 1.82) is 0 Å². The molecule has 164 valence electrons. The Balaban J connectivity index is 1.71. The van der Waals surface area contributed by atoms with E-state index in [1.165, 1.54) is 44.1 Å². The molecule has 6 heteroatoms. The molecule has 1 saturated heterocycles. The van der Waals surface area contributed by atoms with E-state index in [4.69, 9.17) is 15.0 Å². The summed E-state index contributed by atoms with van der Waals surface area (Å²) in [5.41, 5.74) is 2.44. The molecule has 4 rings (SSSR count). The zero-order valence-corrected chi connectivity index (χ0v) is 19.2. The largest absolute Gasteiger partial charge is 0.354 e. The van der Waals surface area contributed by atoms with Gasteiger partial charge in [0.15, 0.2) is 0 Å². The molecule has 2 unspecified atom stereocenters. The predicted molar refractivity (Wildman–Crippen MR) is 125 cm³/mol. The summed E-state index contributed by atoms with van der Waals surface area (Å²) in [4.78, 5) is 19.5. The smallest absolute Gasteiger partial charge is 0.223 e. The van der Waals surface area contributed by atoms with E-state index in [1.807, 2.05) is 6.20 Å². The topological polar surface area (TPSA) is 57.2 Å². The number of hydrogen-bond donors (Lipinski definition) is 1. The second-order valence-electron chi connectivity index (χ2n) is 9.51. The first kappa shape index (κ1) is 21.3. The first-order chi connectivity index (χ1) is 14.6. The van der Waals surface area contributed by atoms with Crippen LogP contribution in [0.2, 0.25) is 0 Å². The summed E-state index contributed by atoms with van der Waals surface area (Å²) in [5.74, 6) is 2.39. The third-order valence-corrected chi connectivity index (χ3v) is 6.96. The van der Waals surface area contributed by atoms with Crippen molar-refractivity contribution in [2.45, 2.75) is 83.2 Å². The minimum Gasteiger partial charge on any atom is -0.354 e. The molecule has 2 aliphatic rings. The lowest BCUT2D eigenvalue weighted by Gasteiger charge is -2.26. The van der Waals surface area contributed by atoms with Crippen molar-refractivity contribution >= 4 is 22.7 Å². The van der Waals surface area contributed by atoms with E-state index < -0.39 is 0 Å². The van der Waals surface area contributed by atoms with Crippen LogP contribution in [-0.4, -0.2) is 59.1 Å². The third kappa shape index (κ3) is 4.53. The molecule has 0 radical (unpaired) electrons.